The van der Waals surface area contributed by atoms with Crippen molar-refractivity contribution in [3.8, 4) is 0 Å². The van der Waals surface area contributed by atoms with Gasteiger partial charge in [-0.25, -0.2) is 0 Å². The first-order chi connectivity index (χ1) is 10.3. The molecule has 0 aliphatic heterocycles. The molecule has 4 nitrogen and oxygen atoms in total. The highest BCUT2D eigenvalue weighted by Crippen LogP contribution is 2.30. The molecule has 1 fully saturated rings. The van der Waals surface area contributed by atoms with Gasteiger partial charge in [0.1, 0.15) is 0 Å². The molecule has 0 unspecified atom stereocenters. The number of aromatic nitrogens is 2. The van der Waals surface area contributed by atoms with Crippen LogP contribution in [0.5, 0.6) is 0 Å². The van der Waals surface area contributed by atoms with Crippen molar-refractivity contribution in [1.82, 2.24) is 15.1 Å². The van der Waals surface area contributed by atoms with Crippen molar-refractivity contribution in [3.05, 3.63) is 17.0 Å². The number of nitrogens with zero attached hydrogens (tertiary/aromatic N) is 2. The van der Waals surface area contributed by atoms with Crippen molar-refractivity contribution in [3.63, 3.8) is 0 Å². The molecular weight excluding hydrogens is 262 g/mol. The second-order valence-electron chi connectivity index (χ2n) is 5.99. The highest BCUT2D eigenvalue weighted by molar-refractivity contribution is 5.27. The van der Waals surface area contributed by atoms with E-state index in [1.165, 1.54) is 49.1 Å². The largest absolute Gasteiger partial charge is 0.383 e. The lowest BCUT2D eigenvalue weighted by Crippen LogP contribution is -2.20. The first-order valence-electron chi connectivity index (χ1n) is 8.60. The van der Waals surface area contributed by atoms with Crippen LogP contribution in [0.15, 0.2) is 0 Å². The Morgan fingerprint density at radius 2 is 1.95 bits per heavy atom. The van der Waals surface area contributed by atoms with E-state index in [-0.39, 0.29) is 0 Å². The molecule has 2 rings (SSSR count). The lowest BCUT2D eigenvalue weighted by atomic mass is 9.95. The molecule has 0 saturated heterocycles. The molecule has 21 heavy (non-hydrogen) atoms. The fraction of sp³-hybridized carbons (Fsp3) is 0.824. The summed E-state index contributed by atoms with van der Waals surface area (Å²) < 4.78 is 7.48. The minimum atomic E-state index is 0.631. The summed E-state index contributed by atoms with van der Waals surface area (Å²) >= 11 is 0. The van der Waals surface area contributed by atoms with Gasteiger partial charge in [-0.2, -0.15) is 5.10 Å². The smallest absolute Gasteiger partial charge is 0.0669 e. The topological polar surface area (TPSA) is 39.1 Å². The number of ether oxygens (including phenoxy) is 1. The number of hydrogen-bond donors (Lipinski definition) is 1. The van der Waals surface area contributed by atoms with Gasteiger partial charge in [0.25, 0.3) is 0 Å². The standard InChI is InChI=1S/C17H31N3O/c1-4-16-15(13-18-11-12-21-3)17(5-2)20(19-16)14-9-7-6-8-10-14/h14,18H,4-13H2,1-3H3. The average molecular weight is 293 g/mol. The molecule has 0 radical (unpaired) electrons. The van der Waals surface area contributed by atoms with E-state index >= 15 is 0 Å². The van der Waals surface area contributed by atoms with Crippen LogP contribution in [0.25, 0.3) is 0 Å². The number of methoxy groups -OCH3 is 1. The zero-order chi connectivity index (χ0) is 15.1. The summed E-state index contributed by atoms with van der Waals surface area (Å²) in [7, 11) is 1.75. The lowest BCUT2D eigenvalue weighted by Gasteiger charge is -2.24. The third kappa shape index (κ3) is 4.07. The van der Waals surface area contributed by atoms with Crippen LogP contribution < -0.4 is 5.32 Å². The maximum absolute atomic E-state index is 5.11. The molecule has 1 saturated carbocycles. The molecule has 1 heterocycles. The molecule has 120 valence electrons. The number of rotatable bonds is 8. The molecular formula is C17H31N3O. The summed E-state index contributed by atoms with van der Waals surface area (Å²) in [6, 6.07) is 0.631. The highest BCUT2D eigenvalue weighted by atomic mass is 16.5. The zero-order valence-corrected chi connectivity index (χ0v) is 14.0. The Bertz CT molecular complexity index is 422. The molecule has 1 aliphatic carbocycles. The van der Waals surface area contributed by atoms with Crippen molar-refractivity contribution < 1.29 is 4.74 Å². The molecule has 1 aromatic heterocycles. The van der Waals surface area contributed by atoms with Gasteiger partial charge in [0, 0.05) is 31.5 Å². The predicted octanol–water partition coefficient (Wildman–Crippen LogP) is 3.25. The summed E-state index contributed by atoms with van der Waals surface area (Å²) in [5, 5.41) is 8.46. The molecule has 1 N–H and O–H groups in total. The van der Waals surface area contributed by atoms with Crippen LogP contribution in [0.4, 0.5) is 0 Å². The summed E-state index contributed by atoms with van der Waals surface area (Å²) in [5.74, 6) is 0. The Labute approximate surface area is 129 Å². The number of aryl methyl sites for hydroxylation is 1. The van der Waals surface area contributed by atoms with Crippen LogP contribution >= 0.6 is 0 Å². The summed E-state index contributed by atoms with van der Waals surface area (Å²) in [5.41, 5.74) is 4.16. The normalized spacial score (nSPS) is 16.5. The maximum Gasteiger partial charge on any atom is 0.0669 e. The van der Waals surface area contributed by atoms with Gasteiger partial charge in [0.15, 0.2) is 0 Å². The summed E-state index contributed by atoms with van der Waals surface area (Å²) in [4.78, 5) is 0. The van der Waals surface area contributed by atoms with Gasteiger partial charge < -0.3 is 10.1 Å². The van der Waals surface area contributed by atoms with E-state index in [0.29, 0.717) is 6.04 Å². The molecule has 4 heteroatoms. The van der Waals surface area contributed by atoms with Crippen molar-refractivity contribution in [2.45, 2.75) is 71.4 Å². The van der Waals surface area contributed by atoms with Crippen LogP contribution in [0.2, 0.25) is 0 Å². The Kier molecular flexibility index (Phi) is 6.71. The van der Waals surface area contributed by atoms with Gasteiger partial charge in [-0.3, -0.25) is 4.68 Å². The van der Waals surface area contributed by atoms with E-state index in [9.17, 15) is 0 Å². The Balaban J connectivity index is 2.15. The van der Waals surface area contributed by atoms with Crippen LogP contribution in [0.3, 0.4) is 0 Å². The minimum absolute atomic E-state index is 0.631. The van der Waals surface area contributed by atoms with E-state index in [2.05, 4.69) is 23.8 Å². The SMILES string of the molecule is CCc1nn(C2CCCCC2)c(CC)c1CNCCOC. The van der Waals surface area contributed by atoms with E-state index in [1.54, 1.807) is 7.11 Å². The van der Waals surface area contributed by atoms with Gasteiger partial charge in [-0.15, -0.1) is 0 Å². The fourth-order valence-corrected chi connectivity index (χ4v) is 3.43. The van der Waals surface area contributed by atoms with Gasteiger partial charge in [-0.1, -0.05) is 33.1 Å². The maximum atomic E-state index is 5.11. The van der Waals surface area contributed by atoms with E-state index < -0.39 is 0 Å². The first-order valence-corrected chi connectivity index (χ1v) is 8.60. The van der Waals surface area contributed by atoms with Crippen molar-refractivity contribution in [2.75, 3.05) is 20.3 Å². The van der Waals surface area contributed by atoms with Crippen molar-refractivity contribution >= 4 is 0 Å². The first kappa shape index (κ1) is 16.5. The average Bonchev–Trinajstić information content (AvgIpc) is 2.90. The number of nitrogens with one attached hydrogen (secondary N) is 1. The van der Waals surface area contributed by atoms with Gasteiger partial charge in [0.2, 0.25) is 0 Å². The second kappa shape index (κ2) is 8.54. The third-order valence-corrected chi connectivity index (χ3v) is 4.58. The van der Waals surface area contributed by atoms with Crippen molar-refractivity contribution in [1.29, 1.82) is 0 Å². The summed E-state index contributed by atoms with van der Waals surface area (Å²) in [6.45, 7) is 7.06. The second-order valence-corrected chi connectivity index (χ2v) is 5.99. The predicted molar refractivity (Wildman–Crippen MR) is 86.7 cm³/mol. The molecule has 1 aliphatic rings. The van der Waals surface area contributed by atoms with Crippen LogP contribution in [0.1, 0.15) is 68.9 Å². The summed E-state index contributed by atoms with van der Waals surface area (Å²) in [6.07, 6.45) is 8.81. The molecule has 0 amide bonds. The lowest BCUT2D eigenvalue weighted by molar-refractivity contribution is 0.199. The van der Waals surface area contributed by atoms with Crippen LogP contribution in [-0.2, 0) is 24.1 Å². The highest BCUT2D eigenvalue weighted by Gasteiger charge is 2.22. The molecule has 0 aromatic carbocycles. The van der Waals surface area contributed by atoms with Crippen molar-refractivity contribution in [2.24, 2.45) is 0 Å². The van der Waals surface area contributed by atoms with Gasteiger partial charge in [0.05, 0.1) is 18.3 Å². The molecule has 0 spiro atoms. The molecule has 1 aromatic rings. The molecule has 0 bridgehead atoms. The fourth-order valence-electron chi connectivity index (χ4n) is 3.43. The van der Waals surface area contributed by atoms with E-state index in [4.69, 9.17) is 9.84 Å². The Morgan fingerprint density at radius 3 is 2.57 bits per heavy atom. The Morgan fingerprint density at radius 1 is 1.19 bits per heavy atom. The van der Waals surface area contributed by atoms with Gasteiger partial charge in [-0.05, 0) is 25.7 Å². The quantitative estimate of drug-likeness (QED) is 0.748. The van der Waals surface area contributed by atoms with Gasteiger partial charge >= 0.3 is 0 Å². The van der Waals surface area contributed by atoms with Crippen LogP contribution in [-0.4, -0.2) is 30.0 Å². The third-order valence-electron chi connectivity index (χ3n) is 4.58. The van der Waals surface area contributed by atoms with Crippen LogP contribution in [0, 0.1) is 0 Å². The number of hydrogen-bond acceptors (Lipinski definition) is 3. The van der Waals surface area contributed by atoms with E-state index in [1.807, 2.05) is 0 Å². The van der Waals surface area contributed by atoms with E-state index in [0.717, 1.165) is 32.5 Å². The minimum Gasteiger partial charge on any atom is -0.383 e. The zero-order valence-electron chi connectivity index (χ0n) is 14.0. The Hall–Kier alpha value is -0.870. The molecule has 0 atom stereocenters. The monoisotopic (exact) mass is 293 g/mol.